The molecule has 1 unspecified atom stereocenters. The lowest BCUT2D eigenvalue weighted by Gasteiger charge is -2.21. The second kappa shape index (κ2) is 5.53. The summed E-state index contributed by atoms with van der Waals surface area (Å²) in [6, 6.07) is 13.7. The third-order valence-electron chi connectivity index (χ3n) is 3.61. The predicted molar refractivity (Wildman–Crippen MR) is 79.9 cm³/mol. The van der Waals surface area contributed by atoms with Crippen LogP contribution >= 0.6 is 0 Å². The van der Waals surface area contributed by atoms with Gasteiger partial charge < -0.3 is 5.32 Å². The second-order valence-electron chi connectivity index (χ2n) is 5.49. The molecule has 2 rings (SSSR count). The van der Waals surface area contributed by atoms with Gasteiger partial charge in [0.2, 0.25) is 0 Å². The molecular weight excluding hydrogens is 218 g/mol. The van der Waals surface area contributed by atoms with Gasteiger partial charge in [-0.15, -0.1) is 0 Å². The minimum atomic E-state index is 0.440. The number of rotatable bonds is 4. The third-order valence-corrected chi connectivity index (χ3v) is 3.61. The van der Waals surface area contributed by atoms with Crippen LogP contribution in [0.2, 0.25) is 0 Å². The molecule has 1 N–H and O–H groups in total. The predicted octanol–water partition coefficient (Wildman–Crippen LogP) is 4.45. The molecule has 0 aromatic heterocycles. The van der Waals surface area contributed by atoms with Crippen molar-refractivity contribution in [2.75, 3.05) is 7.05 Å². The highest BCUT2D eigenvalue weighted by Gasteiger charge is 2.14. The van der Waals surface area contributed by atoms with Gasteiger partial charge in [-0.1, -0.05) is 50.2 Å². The van der Waals surface area contributed by atoms with E-state index in [1.165, 1.54) is 28.3 Å². The highest BCUT2D eigenvalue weighted by molar-refractivity contribution is 5.88. The number of fused-ring (bicyclic) bond motifs is 1. The van der Waals surface area contributed by atoms with Crippen molar-refractivity contribution >= 4 is 10.8 Å². The smallest absolute Gasteiger partial charge is 0.0326 e. The van der Waals surface area contributed by atoms with Crippen molar-refractivity contribution in [1.82, 2.24) is 5.32 Å². The fraction of sp³-hybridized carbons (Fsp3) is 0.412. The molecule has 2 aromatic carbocycles. The van der Waals surface area contributed by atoms with E-state index in [1.54, 1.807) is 0 Å². The number of hydrogen-bond donors (Lipinski definition) is 1. The van der Waals surface area contributed by atoms with E-state index in [0.717, 1.165) is 0 Å². The zero-order chi connectivity index (χ0) is 13.1. The van der Waals surface area contributed by atoms with Crippen molar-refractivity contribution in [3.63, 3.8) is 0 Å². The zero-order valence-corrected chi connectivity index (χ0v) is 11.8. The summed E-state index contributed by atoms with van der Waals surface area (Å²) in [7, 11) is 2.06. The standard InChI is InChI=1S/C17H23N/c1-12(2)11-17(18-4)16-10-9-13(3)14-7-5-6-8-15(14)16/h5-10,12,17-18H,11H2,1-4H3. The summed E-state index contributed by atoms with van der Waals surface area (Å²) < 4.78 is 0. The summed E-state index contributed by atoms with van der Waals surface area (Å²) in [4.78, 5) is 0. The highest BCUT2D eigenvalue weighted by Crippen LogP contribution is 2.29. The van der Waals surface area contributed by atoms with Crippen LogP contribution in [-0.4, -0.2) is 7.05 Å². The molecule has 0 saturated carbocycles. The van der Waals surface area contributed by atoms with Crippen molar-refractivity contribution in [1.29, 1.82) is 0 Å². The maximum absolute atomic E-state index is 3.46. The zero-order valence-electron chi connectivity index (χ0n) is 11.8. The summed E-state index contributed by atoms with van der Waals surface area (Å²) in [5.74, 6) is 0.697. The molecule has 0 radical (unpaired) electrons. The van der Waals surface area contributed by atoms with E-state index >= 15 is 0 Å². The maximum Gasteiger partial charge on any atom is 0.0326 e. The molecule has 0 aliphatic rings. The largest absolute Gasteiger partial charge is 0.313 e. The van der Waals surface area contributed by atoms with Crippen LogP contribution in [0.3, 0.4) is 0 Å². The van der Waals surface area contributed by atoms with Gasteiger partial charge in [0.15, 0.2) is 0 Å². The van der Waals surface area contributed by atoms with Gasteiger partial charge in [0, 0.05) is 6.04 Å². The van der Waals surface area contributed by atoms with Crippen LogP contribution in [0.4, 0.5) is 0 Å². The summed E-state index contributed by atoms with van der Waals surface area (Å²) >= 11 is 0. The Hall–Kier alpha value is -1.34. The number of aryl methyl sites for hydroxylation is 1. The van der Waals surface area contributed by atoms with Crippen molar-refractivity contribution in [2.24, 2.45) is 5.92 Å². The quantitative estimate of drug-likeness (QED) is 0.833. The van der Waals surface area contributed by atoms with Crippen LogP contribution in [0.5, 0.6) is 0 Å². The van der Waals surface area contributed by atoms with E-state index < -0.39 is 0 Å². The van der Waals surface area contributed by atoms with Crippen LogP contribution in [0.1, 0.15) is 37.4 Å². The SMILES string of the molecule is CNC(CC(C)C)c1ccc(C)c2ccccc12. The first-order chi connectivity index (χ1) is 8.63. The molecule has 96 valence electrons. The van der Waals surface area contributed by atoms with Gasteiger partial charge in [-0.2, -0.15) is 0 Å². The summed E-state index contributed by atoms with van der Waals surface area (Å²) in [5, 5.41) is 6.22. The molecule has 2 aromatic rings. The van der Waals surface area contributed by atoms with Crippen molar-refractivity contribution in [3.05, 3.63) is 47.5 Å². The van der Waals surface area contributed by atoms with Gasteiger partial charge in [-0.05, 0) is 48.2 Å². The molecular formula is C17H23N. The van der Waals surface area contributed by atoms with Gasteiger partial charge in [0.25, 0.3) is 0 Å². The average Bonchev–Trinajstić information content (AvgIpc) is 2.37. The summed E-state index contributed by atoms with van der Waals surface area (Å²) in [6.45, 7) is 6.74. The second-order valence-corrected chi connectivity index (χ2v) is 5.49. The van der Waals surface area contributed by atoms with E-state index in [1.807, 2.05) is 0 Å². The minimum absolute atomic E-state index is 0.440. The van der Waals surface area contributed by atoms with Crippen LogP contribution in [0.15, 0.2) is 36.4 Å². The Morgan fingerprint density at radius 1 is 1.00 bits per heavy atom. The molecule has 1 nitrogen and oxygen atoms in total. The van der Waals surface area contributed by atoms with Crippen molar-refractivity contribution in [2.45, 2.75) is 33.2 Å². The minimum Gasteiger partial charge on any atom is -0.313 e. The van der Waals surface area contributed by atoms with Crippen molar-refractivity contribution in [3.8, 4) is 0 Å². The van der Waals surface area contributed by atoms with Gasteiger partial charge >= 0.3 is 0 Å². The third kappa shape index (κ3) is 2.56. The van der Waals surface area contributed by atoms with Crippen molar-refractivity contribution < 1.29 is 0 Å². The lowest BCUT2D eigenvalue weighted by molar-refractivity contribution is 0.459. The Morgan fingerprint density at radius 3 is 2.28 bits per heavy atom. The Bertz CT molecular complexity index is 528. The first kappa shape index (κ1) is 13.1. The lowest BCUT2D eigenvalue weighted by atomic mass is 9.91. The van der Waals surface area contributed by atoms with Gasteiger partial charge in [-0.3, -0.25) is 0 Å². The monoisotopic (exact) mass is 241 g/mol. The molecule has 0 fully saturated rings. The fourth-order valence-electron chi connectivity index (χ4n) is 2.65. The maximum atomic E-state index is 3.46. The summed E-state index contributed by atoms with van der Waals surface area (Å²) in [6.07, 6.45) is 1.17. The van der Waals surface area contributed by atoms with E-state index in [0.29, 0.717) is 12.0 Å². The molecule has 0 amide bonds. The molecule has 0 aliphatic heterocycles. The van der Waals surface area contributed by atoms with Crippen LogP contribution in [-0.2, 0) is 0 Å². The Morgan fingerprint density at radius 2 is 1.67 bits per heavy atom. The average molecular weight is 241 g/mol. The lowest BCUT2D eigenvalue weighted by Crippen LogP contribution is -2.18. The topological polar surface area (TPSA) is 12.0 Å². The first-order valence-electron chi connectivity index (χ1n) is 6.79. The van der Waals surface area contributed by atoms with Crippen LogP contribution in [0, 0.1) is 12.8 Å². The Labute approximate surface area is 110 Å². The Kier molecular flexibility index (Phi) is 4.03. The molecule has 0 bridgehead atoms. The Balaban J connectivity index is 2.53. The van der Waals surface area contributed by atoms with Gasteiger partial charge in [0.1, 0.15) is 0 Å². The van der Waals surface area contributed by atoms with E-state index in [4.69, 9.17) is 0 Å². The molecule has 0 aliphatic carbocycles. The molecule has 1 atom stereocenters. The molecule has 1 heteroatoms. The molecule has 0 saturated heterocycles. The number of benzene rings is 2. The fourth-order valence-corrected chi connectivity index (χ4v) is 2.65. The summed E-state index contributed by atoms with van der Waals surface area (Å²) in [5.41, 5.74) is 2.78. The van der Waals surface area contributed by atoms with Gasteiger partial charge in [0.05, 0.1) is 0 Å². The van der Waals surface area contributed by atoms with Gasteiger partial charge in [-0.25, -0.2) is 0 Å². The first-order valence-corrected chi connectivity index (χ1v) is 6.79. The van der Waals surface area contributed by atoms with Crippen LogP contribution < -0.4 is 5.32 Å². The van der Waals surface area contributed by atoms with E-state index in [-0.39, 0.29) is 0 Å². The van der Waals surface area contributed by atoms with E-state index in [2.05, 4.69) is 69.5 Å². The van der Waals surface area contributed by atoms with Crippen LogP contribution in [0.25, 0.3) is 10.8 Å². The van der Waals surface area contributed by atoms with E-state index in [9.17, 15) is 0 Å². The highest BCUT2D eigenvalue weighted by atomic mass is 14.9. The normalized spacial score (nSPS) is 13.2. The molecule has 18 heavy (non-hydrogen) atoms. The number of hydrogen-bond acceptors (Lipinski definition) is 1. The molecule has 0 heterocycles. The number of nitrogens with one attached hydrogen (secondary N) is 1. The molecule has 0 spiro atoms.